The standard InChI is InChI=1S/C19H29F3N4O2/c1-3-5-6-10-26(9-4-2)15(27)12-23-11-13-7-8-14-16(19(20,21)22)18(28)25-24-17(13)14/h13,23H,3-12H2,1-2H3,(H,25,28). The zero-order chi connectivity index (χ0) is 20.7. The van der Waals surface area contributed by atoms with Gasteiger partial charge in [0, 0.05) is 25.6 Å². The van der Waals surface area contributed by atoms with Gasteiger partial charge >= 0.3 is 6.18 Å². The van der Waals surface area contributed by atoms with Gasteiger partial charge in [-0.05, 0) is 31.2 Å². The molecule has 0 bridgehead atoms. The largest absolute Gasteiger partial charge is 0.422 e. The second-order valence-corrected chi connectivity index (χ2v) is 7.24. The molecule has 1 atom stereocenters. The average Bonchev–Trinajstić information content (AvgIpc) is 3.02. The molecule has 0 aliphatic heterocycles. The number of fused-ring (bicyclic) bond motifs is 1. The summed E-state index contributed by atoms with van der Waals surface area (Å²) in [6.07, 6.45) is -0.0493. The Bertz CT molecular complexity index is 718. The highest BCUT2D eigenvalue weighted by atomic mass is 19.4. The van der Waals surface area contributed by atoms with Gasteiger partial charge in [0.15, 0.2) is 0 Å². The number of hydrogen-bond acceptors (Lipinski definition) is 4. The molecule has 0 saturated heterocycles. The quantitative estimate of drug-likeness (QED) is 0.590. The number of carbonyl (C=O) groups excluding carboxylic acids is 1. The lowest BCUT2D eigenvalue weighted by Crippen LogP contribution is -2.40. The van der Waals surface area contributed by atoms with Gasteiger partial charge in [-0.15, -0.1) is 0 Å². The van der Waals surface area contributed by atoms with Crippen molar-refractivity contribution in [3.05, 3.63) is 27.2 Å². The number of carbonyl (C=O) groups is 1. The van der Waals surface area contributed by atoms with Gasteiger partial charge < -0.3 is 10.2 Å². The molecule has 2 N–H and O–H groups in total. The van der Waals surface area contributed by atoms with Gasteiger partial charge in [0.25, 0.3) is 5.56 Å². The lowest BCUT2D eigenvalue weighted by atomic mass is 10.1. The van der Waals surface area contributed by atoms with E-state index in [0.717, 1.165) is 32.2 Å². The fraction of sp³-hybridized carbons (Fsp3) is 0.737. The summed E-state index contributed by atoms with van der Waals surface area (Å²) in [4.78, 5) is 25.8. The third kappa shape index (κ3) is 5.56. The molecule has 0 radical (unpaired) electrons. The molecule has 1 aliphatic rings. The Morgan fingerprint density at radius 1 is 1.25 bits per heavy atom. The second-order valence-electron chi connectivity index (χ2n) is 7.24. The van der Waals surface area contributed by atoms with E-state index >= 15 is 0 Å². The van der Waals surface area contributed by atoms with Crippen LogP contribution in [0.3, 0.4) is 0 Å². The van der Waals surface area contributed by atoms with Gasteiger partial charge in [0.1, 0.15) is 5.56 Å². The molecule has 1 heterocycles. The van der Waals surface area contributed by atoms with E-state index in [0.29, 0.717) is 19.5 Å². The summed E-state index contributed by atoms with van der Waals surface area (Å²) in [5.74, 6) is -0.248. The zero-order valence-corrected chi connectivity index (χ0v) is 16.5. The maximum Gasteiger partial charge on any atom is 0.422 e. The van der Waals surface area contributed by atoms with E-state index in [1.54, 1.807) is 0 Å². The maximum atomic E-state index is 13.2. The van der Waals surface area contributed by atoms with Crippen LogP contribution >= 0.6 is 0 Å². The first-order valence-corrected chi connectivity index (χ1v) is 9.96. The van der Waals surface area contributed by atoms with E-state index in [-0.39, 0.29) is 36.0 Å². The molecule has 1 aliphatic carbocycles. The van der Waals surface area contributed by atoms with Gasteiger partial charge in [-0.2, -0.15) is 18.3 Å². The van der Waals surface area contributed by atoms with Crippen molar-refractivity contribution in [2.75, 3.05) is 26.2 Å². The molecule has 0 fully saturated rings. The molecule has 158 valence electrons. The Morgan fingerprint density at radius 2 is 2.00 bits per heavy atom. The minimum atomic E-state index is -4.70. The zero-order valence-electron chi connectivity index (χ0n) is 16.5. The normalized spacial score (nSPS) is 16.2. The van der Waals surface area contributed by atoms with Crippen LogP contribution in [-0.4, -0.2) is 47.2 Å². The highest BCUT2D eigenvalue weighted by Gasteiger charge is 2.41. The highest BCUT2D eigenvalue weighted by Crippen LogP contribution is 2.37. The Kier molecular flexibility index (Phi) is 8.03. The van der Waals surface area contributed by atoms with Crippen LogP contribution in [-0.2, 0) is 17.4 Å². The van der Waals surface area contributed by atoms with Crippen LogP contribution in [0.5, 0.6) is 0 Å². The third-order valence-electron chi connectivity index (χ3n) is 5.07. The molecular weight excluding hydrogens is 373 g/mol. The molecule has 0 aromatic carbocycles. The number of alkyl halides is 3. The fourth-order valence-corrected chi connectivity index (χ4v) is 3.69. The molecule has 28 heavy (non-hydrogen) atoms. The summed E-state index contributed by atoms with van der Waals surface area (Å²) in [7, 11) is 0. The van der Waals surface area contributed by atoms with Gasteiger partial charge in [0.05, 0.1) is 12.2 Å². The lowest BCUT2D eigenvalue weighted by molar-refractivity contribution is -0.139. The van der Waals surface area contributed by atoms with Crippen molar-refractivity contribution in [1.29, 1.82) is 0 Å². The second kappa shape index (κ2) is 10.0. The average molecular weight is 402 g/mol. The van der Waals surface area contributed by atoms with Crippen molar-refractivity contribution in [3.8, 4) is 0 Å². The fourth-order valence-electron chi connectivity index (χ4n) is 3.69. The van der Waals surface area contributed by atoms with Crippen LogP contribution in [0.15, 0.2) is 4.79 Å². The number of halogens is 3. The molecule has 0 spiro atoms. The highest BCUT2D eigenvalue weighted by molar-refractivity contribution is 5.78. The third-order valence-corrected chi connectivity index (χ3v) is 5.07. The summed E-state index contributed by atoms with van der Waals surface area (Å²) in [6.45, 7) is 6.06. The number of unbranched alkanes of at least 4 members (excludes halogenated alkanes) is 2. The van der Waals surface area contributed by atoms with Gasteiger partial charge in [0.2, 0.25) is 5.91 Å². The number of H-pyrrole nitrogens is 1. The number of aromatic nitrogens is 2. The lowest BCUT2D eigenvalue weighted by Gasteiger charge is -2.23. The van der Waals surface area contributed by atoms with Crippen molar-refractivity contribution in [3.63, 3.8) is 0 Å². The van der Waals surface area contributed by atoms with Crippen molar-refractivity contribution in [1.82, 2.24) is 20.4 Å². The summed E-state index contributed by atoms with van der Waals surface area (Å²) in [5, 5.41) is 8.89. The summed E-state index contributed by atoms with van der Waals surface area (Å²) >= 11 is 0. The van der Waals surface area contributed by atoms with Crippen LogP contribution in [0.1, 0.15) is 68.7 Å². The predicted molar refractivity (Wildman–Crippen MR) is 100 cm³/mol. The van der Waals surface area contributed by atoms with Crippen LogP contribution < -0.4 is 10.9 Å². The van der Waals surface area contributed by atoms with Crippen molar-refractivity contribution < 1.29 is 18.0 Å². The smallest absolute Gasteiger partial charge is 0.342 e. The summed E-state index contributed by atoms with van der Waals surface area (Å²) in [5.41, 5.74) is -2.07. The molecule has 1 unspecified atom stereocenters. The SMILES string of the molecule is CCCCCN(CCC)C(=O)CNCC1CCc2c1n[nH]c(=O)c2C(F)(F)F. The predicted octanol–water partition coefficient (Wildman–Crippen LogP) is 2.84. The molecule has 0 saturated carbocycles. The number of nitrogens with one attached hydrogen (secondary N) is 2. The number of nitrogens with zero attached hydrogens (tertiary/aromatic N) is 2. The van der Waals surface area contributed by atoms with E-state index in [2.05, 4.69) is 17.3 Å². The Labute approximate surface area is 162 Å². The first kappa shape index (κ1) is 22.4. The maximum absolute atomic E-state index is 13.2. The number of rotatable bonds is 10. The topological polar surface area (TPSA) is 78.1 Å². The van der Waals surface area contributed by atoms with Crippen LogP contribution in [0.25, 0.3) is 0 Å². The minimum Gasteiger partial charge on any atom is -0.342 e. The van der Waals surface area contributed by atoms with Crippen molar-refractivity contribution in [2.24, 2.45) is 0 Å². The molecular formula is C19H29F3N4O2. The molecule has 1 amide bonds. The molecule has 6 nitrogen and oxygen atoms in total. The van der Waals surface area contributed by atoms with Crippen LogP contribution in [0.4, 0.5) is 13.2 Å². The number of amides is 1. The number of hydrogen-bond donors (Lipinski definition) is 2. The molecule has 9 heteroatoms. The Balaban J connectivity index is 1.95. The Morgan fingerprint density at radius 3 is 2.64 bits per heavy atom. The first-order valence-electron chi connectivity index (χ1n) is 9.96. The molecule has 1 aromatic heterocycles. The van der Waals surface area contributed by atoms with E-state index in [4.69, 9.17) is 0 Å². The van der Waals surface area contributed by atoms with Crippen molar-refractivity contribution >= 4 is 5.91 Å². The monoisotopic (exact) mass is 402 g/mol. The summed E-state index contributed by atoms with van der Waals surface area (Å²) in [6, 6.07) is 0. The van der Waals surface area contributed by atoms with E-state index in [1.165, 1.54) is 0 Å². The summed E-state index contributed by atoms with van der Waals surface area (Å²) < 4.78 is 39.5. The van der Waals surface area contributed by atoms with Gasteiger partial charge in [-0.1, -0.05) is 26.7 Å². The van der Waals surface area contributed by atoms with E-state index in [1.807, 2.05) is 16.9 Å². The number of aromatic amines is 1. The molecule has 1 aromatic rings. The van der Waals surface area contributed by atoms with E-state index in [9.17, 15) is 22.8 Å². The van der Waals surface area contributed by atoms with E-state index < -0.39 is 17.3 Å². The van der Waals surface area contributed by atoms with Gasteiger partial charge in [-0.3, -0.25) is 9.59 Å². The first-order chi connectivity index (χ1) is 13.3. The van der Waals surface area contributed by atoms with Gasteiger partial charge in [-0.25, -0.2) is 5.10 Å². The molecule has 2 rings (SSSR count). The van der Waals surface area contributed by atoms with Crippen molar-refractivity contribution in [2.45, 2.75) is 64.5 Å². The Hall–Kier alpha value is -1.90. The van der Waals surface area contributed by atoms with Crippen LogP contribution in [0.2, 0.25) is 0 Å². The minimum absolute atomic E-state index is 0.00146. The van der Waals surface area contributed by atoms with Crippen LogP contribution in [0, 0.1) is 0 Å².